The summed E-state index contributed by atoms with van der Waals surface area (Å²) in [4.78, 5) is 2.56. The molecular weight excluding hydrogens is 362 g/mol. The predicted octanol–water partition coefficient (Wildman–Crippen LogP) is 5.27. The van der Waals surface area contributed by atoms with E-state index >= 15 is 0 Å². The van der Waals surface area contributed by atoms with Crippen LogP contribution < -0.4 is 10.4 Å². The molecule has 1 aliphatic heterocycles. The Morgan fingerprint density at radius 3 is 1.80 bits per heavy atom. The highest BCUT2D eigenvalue weighted by molar-refractivity contribution is 5.75. The molecule has 0 radical (unpaired) electrons. The molecule has 5 rings (SSSR count). The molecule has 1 nitrogen and oxygen atoms in total. The van der Waals surface area contributed by atoms with Gasteiger partial charge in [-0.3, -0.25) is 0 Å². The van der Waals surface area contributed by atoms with Crippen LogP contribution in [0.3, 0.4) is 0 Å². The molecule has 1 atom stereocenters. The molecular formula is C29H25N. The van der Waals surface area contributed by atoms with Gasteiger partial charge in [-0.1, -0.05) is 115 Å². The van der Waals surface area contributed by atoms with E-state index < -0.39 is 0 Å². The summed E-state index contributed by atoms with van der Waals surface area (Å²) in [6.45, 7) is 3.14. The first-order valence-electron chi connectivity index (χ1n) is 10.5. The first-order chi connectivity index (χ1) is 14.8. The Labute approximate surface area is 178 Å². The van der Waals surface area contributed by atoms with Crippen LogP contribution in [0, 0.1) is 0 Å². The molecule has 0 saturated carbocycles. The molecule has 0 spiro atoms. The lowest BCUT2D eigenvalue weighted by atomic mass is 9.86. The average Bonchev–Trinajstić information content (AvgIpc) is 2.82. The fourth-order valence-corrected chi connectivity index (χ4v) is 4.59. The summed E-state index contributed by atoms with van der Waals surface area (Å²) in [6.07, 6.45) is 0. The van der Waals surface area contributed by atoms with E-state index in [4.69, 9.17) is 0 Å². The monoisotopic (exact) mass is 387 g/mol. The topological polar surface area (TPSA) is 3.24 Å². The minimum atomic E-state index is 0.156. The van der Waals surface area contributed by atoms with Crippen LogP contribution in [-0.2, 0) is 6.54 Å². The molecule has 0 bridgehead atoms. The minimum Gasteiger partial charge on any atom is -0.359 e. The van der Waals surface area contributed by atoms with Gasteiger partial charge in [0.25, 0.3) is 0 Å². The summed E-state index contributed by atoms with van der Waals surface area (Å²) in [5, 5.41) is 2.65. The lowest BCUT2D eigenvalue weighted by Crippen LogP contribution is -2.43. The molecule has 1 heteroatoms. The van der Waals surface area contributed by atoms with Crippen LogP contribution in [-0.4, -0.2) is 4.90 Å². The molecule has 0 saturated heterocycles. The second-order valence-corrected chi connectivity index (χ2v) is 7.84. The van der Waals surface area contributed by atoms with Crippen molar-refractivity contribution in [1.29, 1.82) is 0 Å². The summed E-state index contributed by atoms with van der Waals surface area (Å²) in [5.74, 6) is 0. The molecule has 1 heterocycles. The number of fused-ring (bicyclic) bond motifs is 1. The molecule has 0 aliphatic carbocycles. The van der Waals surface area contributed by atoms with Crippen molar-refractivity contribution < 1.29 is 0 Å². The molecule has 0 amide bonds. The van der Waals surface area contributed by atoms with Crippen molar-refractivity contribution in [2.24, 2.45) is 0 Å². The van der Waals surface area contributed by atoms with Crippen LogP contribution in [0.25, 0.3) is 11.3 Å². The molecule has 0 aromatic heterocycles. The Hall–Kier alpha value is -3.58. The van der Waals surface area contributed by atoms with Crippen molar-refractivity contribution in [2.75, 3.05) is 0 Å². The van der Waals surface area contributed by atoms with E-state index in [-0.39, 0.29) is 6.04 Å². The molecule has 1 aliphatic rings. The maximum absolute atomic E-state index is 2.56. The largest absolute Gasteiger partial charge is 0.359 e. The van der Waals surface area contributed by atoms with Gasteiger partial charge in [-0.15, -0.1) is 0 Å². The van der Waals surface area contributed by atoms with Gasteiger partial charge in [0.05, 0.1) is 6.04 Å². The van der Waals surface area contributed by atoms with Crippen molar-refractivity contribution in [2.45, 2.75) is 19.5 Å². The number of rotatable bonds is 4. The summed E-state index contributed by atoms with van der Waals surface area (Å²) in [7, 11) is 0. The first kappa shape index (κ1) is 18.4. The Balaban J connectivity index is 1.81. The number of nitrogens with zero attached hydrogens (tertiary/aromatic N) is 1. The zero-order valence-corrected chi connectivity index (χ0v) is 17.2. The smallest absolute Gasteiger partial charge is 0.0808 e. The summed E-state index contributed by atoms with van der Waals surface area (Å²) < 4.78 is 0. The van der Waals surface area contributed by atoms with Crippen LogP contribution in [0.15, 0.2) is 115 Å². The van der Waals surface area contributed by atoms with Crippen LogP contribution in [0.5, 0.6) is 0 Å². The third-order valence-electron chi connectivity index (χ3n) is 6.02. The van der Waals surface area contributed by atoms with Gasteiger partial charge in [0.15, 0.2) is 0 Å². The fourth-order valence-electron chi connectivity index (χ4n) is 4.59. The van der Waals surface area contributed by atoms with E-state index in [0.29, 0.717) is 0 Å². The number of hydrogen-bond acceptors (Lipinski definition) is 1. The van der Waals surface area contributed by atoms with Crippen LogP contribution >= 0.6 is 0 Å². The van der Waals surface area contributed by atoms with E-state index in [9.17, 15) is 0 Å². The van der Waals surface area contributed by atoms with Crippen LogP contribution in [0.2, 0.25) is 0 Å². The molecule has 0 N–H and O–H groups in total. The van der Waals surface area contributed by atoms with Crippen molar-refractivity contribution in [3.63, 3.8) is 0 Å². The molecule has 0 fully saturated rings. The number of benzene rings is 4. The molecule has 4 aromatic rings. The second-order valence-electron chi connectivity index (χ2n) is 7.84. The zero-order valence-electron chi connectivity index (χ0n) is 17.2. The van der Waals surface area contributed by atoms with Crippen LogP contribution in [0.4, 0.5) is 0 Å². The van der Waals surface area contributed by atoms with Crippen molar-refractivity contribution >= 4 is 11.3 Å². The Morgan fingerprint density at radius 2 is 1.13 bits per heavy atom. The summed E-state index contributed by atoms with van der Waals surface area (Å²) >= 11 is 0. The average molecular weight is 388 g/mol. The van der Waals surface area contributed by atoms with Gasteiger partial charge in [0.2, 0.25) is 0 Å². The van der Waals surface area contributed by atoms with Gasteiger partial charge in [-0.05, 0) is 34.4 Å². The Kier molecular flexibility index (Phi) is 4.94. The Bertz CT molecular complexity index is 1260. The lowest BCUT2D eigenvalue weighted by molar-refractivity contribution is 0.335. The number of hydrogen-bond donors (Lipinski definition) is 0. The Morgan fingerprint density at radius 1 is 0.600 bits per heavy atom. The minimum absolute atomic E-state index is 0.156. The van der Waals surface area contributed by atoms with Gasteiger partial charge >= 0.3 is 0 Å². The predicted molar refractivity (Wildman–Crippen MR) is 125 cm³/mol. The van der Waals surface area contributed by atoms with Crippen LogP contribution in [0.1, 0.15) is 29.7 Å². The van der Waals surface area contributed by atoms with Gasteiger partial charge in [0, 0.05) is 17.5 Å². The second kappa shape index (κ2) is 8.04. The van der Waals surface area contributed by atoms with E-state index in [1.165, 1.54) is 38.4 Å². The normalized spacial score (nSPS) is 15.8. The standard InChI is InChI=1S/C29H25N/c1-22-26-19-11-12-20-27(26)28(24-15-7-3-8-16-24)29(25-17-9-4-10-18-25)30(22)21-23-13-5-2-6-14-23/h2-20,29H,21H2,1H3. The molecule has 1 unspecified atom stereocenters. The molecule has 30 heavy (non-hydrogen) atoms. The van der Waals surface area contributed by atoms with Crippen molar-refractivity contribution in [3.05, 3.63) is 142 Å². The van der Waals surface area contributed by atoms with Gasteiger partial charge < -0.3 is 4.90 Å². The van der Waals surface area contributed by atoms with E-state index in [1.807, 2.05) is 0 Å². The lowest BCUT2D eigenvalue weighted by Gasteiger charge is -2.39. The van der Waals surface area contributed by atoms with E-state index in [2.05, 4.69) is 127 Å². The highest BCUT2D eigenvalue weighted by Crippen LogP contribution is 2.38. The van der Waals surface area contributed by atoms with E-state index in [1.54, 1.807) is 0 Å². The van der Waals surface area contributed by atoms with Crippen molar-refractivity contribution in [1.82, 2.24) is 4.90 Å². The first-order valence-corrected chi connectivity index (χ1v) is 10.5. The van der Waals surface area contributed by atoms with Crippen molar-refractivity contribution in [3.8, 4) is 0 Å². The quantitative estimate of drug-likeness (QED) is 0.461. The zero-order chi connectivity index (χ0) is 20.3. The van der Waals surface area contributed by atoms with Gasteiger partial charge in [-0.25, -0.2) is 0 Å². The van der Waals surface area contributed by atoms with Gasteiger partial charge in [0.1, 0.15) is 0 Å². The molecule has 146 valence electrons. The maximum Gasteiger partial charge on any atom is 0.0808 e. The van der Waals surface area contributed by atoms with E-state index in [0.717, 1.165) is 6.54 Å². The molecule has 4 aromatic carbocycles. The highest BCUT2D eigenvalue weighted by Gasteiger charge is 2.29. The highest BCUT2D eigenvalue weighted by atomic mass is 15.2. The van der Waals surface area contributed by atoms with Gasteiger partial charge in [-0.2, -0.15) is 0 Å². The SMILES string of the molecule is CC1=c2ccccc2=C(c2ccccc2)C(c2ccccc2)N1Cc1ccccc1. The summed E-state index contributed by atoms with van der Waals surface area (Å²) in [6, 6.07) is 41.5. The third kappa shape index (κ3) is 3.33. The fraction of sp³-hybridized carbons (Fsp3) is 0.103. The third-order valence-corrected chi connectivity index (χ3v) is 6.02. The maximum atomic E-state index is 2.56. The summed E-state index contributed by atoms with van der Waals surface area (Å²) in [5.41, 5.74) is 6.62.